The van der Waals surface area contributed by atoms with Crippen LogP contribution in [0.3, 0.4) is 0 Å². The van der Waals surface area contributed by atoms with Gasteiger partial charge in [0.2, 0.25) is 0 Å². The molecule has 1 nitrogen and oxygen atoms in total. The van der Waals surface area contributed by atoms with Crippen molar-refractivity contribution in [3.8, 4) is 0 Å². The first-order chi connectivity index (χ1) is 13.7. The molecule has 166 valence electrons. The molecule has 4 aliphatic rings. The minimum atomic E-state index is 0.227. The molecule has 0 aromatic carbocycles. The van der Waals surface area contributed by atoms with Crippen LogP contribution in [0.4, 0.5) is 0 Å². The van der Waals surface area contributed by atoms with E-state index in [1.165, 1.54) is 51.4 Å². The second-order valence-corrected chi connectivity index (χ2v) is 13.1. The van der Waals surface area contributed by atoms with Crippen LogP contribution in [0.25, 0.3) is 0 Å². The molecule has 0 saturated heterocycles. The summed E-state index contributed by atoms with van der Waals surface area (Å²) < 4.78 is 0. The second-order valence-electron chi connectivity index (χ2n) is 12.5. The lowest BCUT2D eigenvalue weighted by Crippen LogP contribution is -2.56. The Hall–Kier alpha value is -0.0400. The third-order valence-corrected chi connectivity index (χ3v) is 11.0. The van der Waals surface area contributed by atoms with Gasteiger partial charge in [0.1, 0.15) is 5.78 Å². The molecular formula is C27H45ClO. The number of carbonyl (C=O) groups is 1. The molecule has 4 aliphatic carbocycles. The first-order valence-electron chi connectivity index (χ1n) is 12.8. The summed E-state index contributed by atoms with van der Waals surface area (Å²) in [6.45, 7) is 12.3. The number of halogens is 1. The van der Waals surface area contributed by atoms with Gasteiger partial charge in [-0.15, -0.1) is 11.6 Å². The van der Waals surface area contributed by atoms with E-state index in [2.05, 4.69) is 34.6 Å². The topological polar surface area (TPSA) is 17.1 Å². The van der Waals surface area contributed by atoms with E-state index in [4.69, 9.17) is 11.6 Å². The Morgan fingerprint density at radius 1 is 0.966 bits per heavy atom. The Bertz CT molecular complexity index is 614. The van der Waals surface area contributed by atoms with Crippen LogP contribution >= 0.6 is 11.6 Å². The highest BCUT2D eigenvalue weighted by atomic mass is 35.5. The highest BCUT2D eigenvalue weighted by molar-refractivity contribution is 6.20. The van der Waals surface area contributed by atoms with Crippen LogP contribution in [0.2, 0.25) is 0 Å². The number of rotatable bonds is 5. The standard InChI is InChI=1S/C27H45ClO/c1-17(2)7-6-8-18(3)21-9-10-22-20-16-25(29)24-15-19(28)11-13-27(24,5)23(20)12-14-26(21,22)4/h17-24H,6-16H2,1-5H3/t18-,19-,20+,21+,22-,23+,24-,26+,27-/m1/s1. The molecule has 0 heterocycles. The van der Waals surface area contributed by atoms with Gasteiger partial charge in [0, 0.05) is 17.7 Å². The van der Waals surface area contributed by atoms with Crippen LogP contribution in [0.5, 0.6) is 0 Å². The van der Waals surface area contributed by atoms with Gasteiger partial charge < -0.3 is 0 Å². The molecule has 29 heavy (non-hydrogen) atoms. The summed E-state index contributed by atoms with van der Waals surface area (Å²) >= 11 is 6.51. The van der Waals surface area contributed by atoms with E-state index in [0.29, 0.717) is 17.1 Å². The molecule has 0 aromatic heterocycles. The maximum atomic E-state index is 13.3. The van der Waals surface area contributed by atoms with Gasteiger partial charge in [-0.1, -0.05) is 53.9 Å². The molecule has 4 fully saturated rings. The molecule has 0 N–H and O–H groups in total. The van der Waals surface area contributed by atoms with Crippen LogP contribution < -0.4 is 0 Å². The molecule has 0 unspecified atom stereocenters. The Labute approximate surface area is 185 Å². The maximum absolute atomic E-state index is 13.3. The largest absolute Gasteiger partial charge is 0.299 e. The lowest BCUT2D eigenvalue weighted by atomic mass is 9.44. The predicted octanol–water partition coefficient (Wildman–Crippen LogP) is 7.89. The zero-order valence-electron chi connectivity index (χ0n) is 19.7. The Morgan fingerprint density at radius 3 is 2.38 bits per heavy atom. The summed E-state index contributed by atoms with van der Waals surface area (Å²) in [5.41, 5.74) is 0.708. The van der Waals surface area contributed by atoms with Crippen molar-refractivity contribution in [1.82, 2.24) is 0 Å². The molecule has 9 atom stereocenters. The van der Waals surface area contributed by atoms with Crippen molar-refractivity contribution in [2.24, 2.45) is 52.3 Å². The molecular weight excluding hydrogens is 376 g/mol. The first kappa shape index (κ1) is 22.2. The smallest absolute Gasteiger partial charge is 0.136 e. The van der Waals surface area contributed by atoms with E-state index in [1.54, 1.807) is 0 Å². The van der Waals surface area contributed by atoms with Crippen LogP contribution in [-0.4, -0.2) is 11.2 Å². The zero-order valence-corrected chi connectivity index (χ0v) is 20.4. The highest BCUT2D eigenvalue weighted by Crippen LogP contribution is 2.68. The van der Waals surface area contributed by atoms with Crippen LogP contribution in [0, 0.1) is 52.3 Å². The SMILES string of the molecule is CC(C)CCC[C@@H](C)[C@@H]1CC[C@@H]2[C@@H]3CC(=O)[C@H]4C[C@H](Cl)CC[C@]4(C)[C@H]3CC[C@]21C. The number of Topliss-reactive ketones (excluding diaryl/α,β-unsaturated/α-hetero) is 1. The van der Waals surface area contributed by atoms with E-state index < -0.39 is 0 Å². The molecule has 4 saturated carbocycles. The minimum absolute atomic E-state index is 0.227. The van der Waals surface area contributed by atoms with Gasteiger partial charge >= 0.3 is 0 Å². The Balaban J connectivity index is 1.50. The Morgan fingerprint density at radius 2 is 1.66 bits per heavy atom. The lowest BCUT2D eigenvalue weighted by Gasteiger charge is -2.60. The van der Waals surface area contributed by atoms with Crippen molar-refractivity contribution in [2.75, 3.05) is 0 Å². The van der Waals surface area contributed by atoms with Gasteiger partial charge in [0.25, 0.3) is 0 Å². The van der Waals surface area contributed by atoms with Crippen molar-refractivity contribution in [3.05, 3.63) is 0 Å². The molecule has 0 aromatic rings. The fourth-order valence-corrected chi connectivity index (χ4v) is 9.31. The van der Waals surface area contributed by atoms with Crippen LogP contribution in [0.1, 0.15) is 105 Å². The summed E-state index contributed by atoms with van der Waals surface area (Å²) in [6.07, 6.45) is 13.8. The number of ketones is 1. The summed E-state index contributed by atoms with van der Waals surface area (Å²) in [7, 11) is 0. The van der Waals surface area contributed by atoms with E-state index >= 15 is 0 Å². The molecule has 0 aliphatic heterocycles. The summed E-state index contributed by atoms with van der Waals surface area (Å²) in [6, 6.07) is 0. The zero-order chi connectivity index (χ0) is 21.0. The third-order valence-electron chi connectivity index (χ3n) is 10.6. The quantitative estimate of drug-likeness (QED) is 0.413. The fourth-order valence-electron chi connectivity index (χ4n) is 9.02. The molecule has 0 amide bonds. The van der Waals surface area contributed by atoms with Crippen LogP contribution in [-0.2, 0) is 4.79 Å². The number of hydrogen-bond acceptors (Lipinski definition) is 1. The van der Waals surface area contributed by atoms with Crippen molar-refractivity contribution >= 4 is 17.4 Å². The van der Waals surface area contributed by atoms with Crippen molar-refractivity contribution in [2.45, 2.75) is 111 Å². The summed E-state index contributed by atoms with van der Waals surface area (Å²) in [5, 5.41) is 0.227. The number of hydrogen-bond donors (Lipinski definition) is 0. The van der Waals surface area contributed by atoms with Crippen LogP contribution in [0.15, 0.2) is 0 Å². The first-order valence-corrected chi connectivity index (χ1v) is 13.3. The minimum Gasteiger partial charge on any atom is -0.299 e. The average molecular weight is 421 g/mol. The normalized spacial score (nSPS) is 48.2. The van der Waals surface area contributed by atoms with E-state index in [9.17, 15) is 4.79 Å². The van der Waals surface area contributed by atoms with Gasteiger partial charge in [-0.3, -0.25) is 4.79 Å². The van der Waals surface area contributed by atoms with E-state index in [1.807, 2.05) is 0 Å². The number of fused-ring (bicyclic) bond motifs is 5. The molecule has 2 heteroatoms. The van der Waals surface area contributed by atoms with Crippen molar-refractivity contribution in [3.63, 3.8) is 0 Å². The van der Waals surface area contributed by atoms with Gasteiger partial charge in [0.05, 0.1) is 0 Å². The summed E-state index contributed by atoms with van der Waals surface area (Å²) in [4.78, 5) is 13.3. The highest BCUT2D eigenvalue weighted by Gasteiger charge is 2.62. The number of alkyl halides is 1. The van der Waals surface area contributed by atoms with Gasteiger partial charge in [0.15, 0.2) is 0 Å². The second kappa shape index (κ2) is 8.14. The van der Waals surface area contributed by atoms with Gasteiger partial charge in [-0.05, 0) is 91.3 Å². The molecule has 0 bridgehead atoms. The summed E-state index contributed by atoms with van der Waals surface area (Å²) in [5.74, 6) is 5.57. The number of carbonyl (C=O) groups excluding carboxylic acids is 1. The maximum Gasteiger partial charge on any atom is 0.136 e. The van der Waals surface area contributed by atoms with E-state index in [-0.39, 0.29) is 16.7 Å². The van der Waals surface area contributed by atoms with Gasteiger partial charge in [-0.2, -0.15) is 0 Å². The van der Waals surface area contributed by atoms with E-state index in [0.717, 1.165) is 48.9 Å². The predicted molar refractivity (Wildman–Crippen MR) is 123 cm³/mol. The molecule has 4 rings (SSSR count). The molecule has 0 radical (unpaired) electrons. The molecule has 0 spiro atoms. The fraction of sp³-hybridized carbons (Fsp3) is 0.963. The third kappa shape index (κ3) is 3.74. The van der Waals surface area contributed by atoms with Crippen molar-refractivity contribution in [1.29, 1.82) is 0 Å². The Kier molecular flexibility index (Phi) is 6.22. The van der Waals surface area contributed by atoms with Crippen molar-refractivity contribution < 1.29 is 4.79 Å². The average Bonchev–Trinajstić information content (AvgIpc) is 3.00. The lowest BCUT2D eigenvalue weighted by molar-refractivity contribution is -0.154. The van der Waals surface area contributed by atoms with Gasteiger partial charge in [-0.25, -0.2) is 0 Å². The monoisotopic (exact) mass is 420 g/mol.